The molecule has 1 unspecified atom stereocenters. The molecule has 1 aliphatic carbocycles. The van der Waals surface area contributed by atoms with E-state index in [9.17, 15) is 9.18 Å². The lowest BCUT2D eigenvalue weighted by Gasteiger charge is -2.16. The average molecular weight is 285 g/mol. The summed E-state index contributed by atoms with van der Waals surface area (Å²) in [6, 6.07) is 10.3. The van der Waals surface area contributed by atoms with Crippen LogP contribution in [0.2, 0.25) is 0 Å². The van der Waals surface area contributed by atoms with Crippen molar-refractivity contribution < 1.29 is 9.18 Å². The molecule has 0 radical (unpaired) electrons. The van der Waals surface area contributed by atoms with Gasteiger partial charge < -0.3 is 16.8 Å². The largest absolute Gasteiger partial charge is 0.399 e. The van der Waals surface area contributed by atoms with Crippen molar-refractivity contribution >= 4 is 17.3 Å². The van der Waals surface area contributed by atoms with E-state index in [-0.39, 0.29) is 11.6 Å². The van der Waals surface area contributed by atoms with Gasteiger partial charge in [-0.15, -0.1) is 0 Å². The van der Waals surface area contributed by atoms with E-state index >= 15 is 0 Å². The summed E-state index contributed by atoms with van der Waals surface area (Å²) < 4.78 is 13.5. The van der Waals surface area contributed by atoms with Crippen LogP contribution in [0.15, 0.2) is 36.4 Å². The maximum absolute atomic E-state index is 13.5. The maximum Gasteiger partial charge on any atom is 0.251 e. The first kappa shape index (κ1) is 13.4. The van der Waals surface area contributed by atoms with Crippen molar-refractivity contribution in [2.45, 2.75) is 18.9 Å². The van der Waals surface area contributed by atoms with Crippen LogP contribution >= 0.6 is 0 Å². The van der Waals surface area contributed by atoms with Gasteiger partial charge in [0, 0.05) is 11.4 Å². The van der Waals surface area contributed by atoms with Gasteiger partial charge in [0.05, 0.1) is 11.6 Å². The number of benzene rings is 2. The Kier molecular flexibility index (Phi) is 3.25. The van der Waals surface area contributed by atoms with Crippen LogP contribution in [0.5, 0.6) is 0 Å². The summed E-state index contributed by atoms with van der Waals surface area (Å²) >= 11 is 0. The number of anilines is 2. The van der Waals surface area contributed by atoms with E-state index in [1.54, 1.807) is 6.07 Å². The Bertz CT molecular complexity index is 715. The normalized spacial score (nSPS) is 16.5. The highest BCUT2D eigenvalue weighted by Gasteiger charge is 2.22. The summed E-state index contributed by atoms with van der Waals surface area (Å²) in [4.78, 5) is 11.2. The molecule has 108 valence electrons. The highest BCUT2D eigenvalue weighted by atomic mass is 19.1. The van der Waals surface area contributed by atoms with Gasteiger partial charge in [0.15, 0.2) is 0 Å². The number of carbonyl (C=O) groups excluding carboxylic acids is 1. The zero-order chi connectivity index (χ0) is 15.0. The third-order valence-electron chi connectivity index (χ3n) is 3.82. The summed E-state index contributed by atoms with van der Waals surface area (Å²) in [5.41, 5.74) is 14.7. The molecule has 0 saturated heterocycles. The van der Waals surface area contributed by atoms with E-state index in [1.807, 2.05) is 18.2 Å². The first-order chi connectivity index (χ1) is 10.0. The van der Waals surface area contributed by atoms with Crippen LogP contribution < -0.4 is 16.8 Å². The molecule has 0 aliphatic heterocycles. The molecule has 0 spiro atoms. The van der Waals surface area contributed by atoms with Crippen LogP contribution in [0.4, 0.5) is 15.8 Å². The third-order valence-corrected chi connectivity index (χ3v) is 3.82. The fraction of sp³-hybridized carbons (Fsp3) is 0.188. The van der Waals surface area contributed by atoms with Crippen LogP contribution in [0, 0.1) is 5.82 Å². The zero-order valence-electron chi connectivity index (χ0n) is 11.4. The topological polar surface area (TPSA) is 81.1 Å². The van der Waals surface area contributed by atoms with Gasteiger partial charge in [-0.2, -0.15) is 0 Å². The molecular formula is C16H16FN3O. The molecule has 21 heavy (non-hydrogen) atoms. The lowest BCUT2D eigenvalue weighted by atomic mass is 10.1. The quantitative estimate of drug-likeness (QED) is 0.758. The Morgan fingerprint density at radius 2 is 2.05 bits per heavy atom. The first-order valence-electron chi connectivity index (χ1n) is 6.79. The molecule has 3 rings (SSSR count). The van der Waals surface area contributed by atoms with Crippen LogP contribution in [-0.4, -0.2) is 5.91 Å². The smallest absolute Gasteiger partial charge is 0.251 e. The summed E-state index contributed by atoms with van der Waals surface area (Å²) in [5, 5.41) is 3.32. The number of amides is 1. The number of carbonyl (C=O) groups is 1. The van der Waals surface area contributed by atoms with E-state index in [2.05, 4.69) is 5.32 Å². The summed E-state index contributed by atoms with van der Waals surface area (Å²) in [5.74, 6) is -1.37. The van der Waals surface area contributed by atoms with Gasteiger partial charge in [0.1, 0.15) is 5.82 Å². The molecule has 2 aromatic carbocycles. The number of nitrogen functional groups attached to an aromatic ring is 1. The highest BCUT2D eigenvalue weighted by molar-refractivity contribution is 5.94. The molecule has 0 bridgehead atoms. The number of fused-ring (bicyclic) bond motifs is 1. The second kappa shape index (κ2) is 5.09. The molecule has 0 saturated carbocycles. The van der Waals surface area contributed by atoms with Crippen molar-refractivity contribution in [3.63, 3.8) is 0 Å². The molecule has 1 amide bonds. The lowest BCUT2D eigenvalue weighted by Crippen LogP contribution is -2.14. The fourth-order valence-electron chi connectivity index (χ4n) is 2.79. The van der Waals surface area contributed by atoms with Crippen LogP contribution in [-0.2, 0) is 6.42 Å². The van der Waals surface area contributed by atoms with E-state index in [4.69, 9.17) is 11.5 Å². The van der Waals surface area contributed by atoms with E-state index in [0.29, 0.717) is 5.69 Å². The van der Waals surface area contributed by atoms with Gasteiger partial charge in [-0.1, -0.05) is 6.07 Å². The molecule has 1 aliphatic rings. The Hall–Kier alpha value is -2.56. The number of halogens is 1. The Morgan fingerprint density at radius 3 is 2.81 bits per heavy atom. The second-order valence-corrected chi connectivity index (χ2v) is 5.25. The van der Waals surface area contributed by atoms with Gasteiger partial charge in [-0.3, -0.25) is 4.79 Å². The molecule has 0 fully saturated rings. The van der Waals surface area contributed by atoms with E-state index in [0.717, 1.165) is 18.5 Å². The summed E-state index contributed by atoms with van der Waals surface area (Å²) in [6.45, 7) is 0. The van der Waals surface area contributed by atoms with Crippen molar-refractivity contribution in [2.24, 2.45) is 5.73 Å². The van der Waals surface area contributed by atoms with Crippen molar-refractivity contribution in [1.82, 2.24) is 0 Å². The number of rotatable bonds is 3. The molecule has 0 aromatic heterocycles. The SMILES string of the molecule is NC(=O)c1cc(NC2CCc3cc(N)ccc32)ccc1F. The van der Waals surface area contributed by atoms with Gasteiger partial charge >= 0.3 is 0 Å². The predicted molar refractivity (Wildman–Crippen MR) is 80.5 cm³/mol. The van der Waals surface area contributed by atoms with Crippen LogP contribution in [0.1, 0.15) is 33.9 Å². The van der Waals surface area contributed by atoms with Crippen molar-refractivity contribution in [1.29, 1.82) is 0 Å². The zero-order valence-corrected chi connectivity index (χ0v) is 11.4. The number of hydrogen-bond donors (Lipinski definition) is 3. The molecule has 4 nitrogen and oxygen atoms in total. The van der Waals surface area contributed by atoms with E-state index < -0.39 is 11.7 Å². The maximum atomic E-state index is 13.5. The molecule has 1 atom stereocenters. The van der Waals surface area contributed by atoms with Crippen molar-refractivity contribution in [2.75, 3.05) is 11.1 Å². The molecule has 2 aromatic rings. The van der Waals surface area contributed by atoms with Crippen molar-refractivity contribution in [3.05, 3.63) is 58.9 Å². The Labute approximate surface area is 121 Å². The van der Waals surface area contributed by atoms with Crippen LogP contribution in [0.3, 0.4) is 0 Å². The first-order valence-corrected chi connectivity index (χ1v) is 6.79. The number of nitrogens with one attached hydrogen (secondary N) is 1. The lowest BCUT2D eigenvalue weighted by molar-refractivity contribution is 0.0996. The molecule has 5 N–H and O–H groups in total. The summed E-state index contributed by atoms with van der Waals surface area (Å²) in [6.07, 6.45) is 1.88. The number of aryl methyl sites for hydroxylation is 1. The minimum Gasteiger partial charge on any atom is -0.399 e. The van der Waals surface area contributed by atoms with Gasteiger partial charge in [-0.05, 0) is 54.3 Å². The predicted octanol–water partition coefficient (Wildman–Crippen LogP) is 2.61. The fourth-order valence-corrected chi connectivity index (χ4v) is 2.79. The Balaban J connectivity index is 1.86. The number of hydrogen-bond acceptors (Lipinski definition) is 3. The number of nitrogens with two attached hydrogens (primary N) is 2. The number of primary amides is 1. The average Bonchev–Trinajstić information content (AvgIpc) is 2.83. The van der Waals surface area contributed by atoms with Crippen molar-refractivity contribution in [3.8, 4) is 0 Å². The van der Waals surface area contributed by atoms with Gasteiger partial charge in [0.25, 0.3) is 5.91 Å². The molecular weight excluding hydrogens is 269 g/mol. The minimum absolute atomic E-state index is 0.101. The second-order valence-electron chi connectivity index (χ2n) is 5.25. The van der Waals surface area contributed by atoms with Crippen LogP contribution in [0.25, 0.3) is 0 Å². The molecule has 5 heteroatoms. The monoisotopic (exact) mass is 285 g/mol. The molecule has 0 heterocycles. The highest BCUT2D eigenvalue weighted by Crippen LogP contribution is 2.35. The van der Waals surface area contributed by atoms with E-state index in [1.165, 1.54) is 23.3 Å². The van der Waals surface area contributed by atoms with Gasteiger partial charge in [0.2, 0.25) is 0 Å². The third kappa shape index (κ3) is 2.54. The van der Waals surface area contributed by atoms with Gasteiger partial charge in [-0.25, -0.2) is 4.39 Å². The summed E-state index contributed by atoms with van der Waals surface area (Å²) in [7, 11) is 0. The Morgan fingerprint density at radius 1 is 1.24 bits per heavy atom. The standard InChI is InChI=1S/C16H16FN3O/c17-14-5-3-11(8-13(14)16(19)21)20-15-6-1-9-7-10(18)2-4-12(9)15/h2-5,7-8,15,20H,1,6,18H2,(H2,19,21). The minimum atomic E-state index is -0.768.